The van der Waals surface area contributed by atoms with Crippen LogP contribution in [0.5, 0.6) is 0 Å². The monoisotopic (exact) mass is 273 g/mol. The Kier molecular flexibility index (Phi) is 4.02. The Morgan fingerprint density at radius 2 is 2.50 bits per heavy atom. The number of likely N-dealkylation sites (tertiary alicyclic amines) is 1. The van der Waals surface area contributed by atoms with Crippen LogP contribution in [0.4, 0.5) is 0 Å². The van der Waals surface area contributed by atoms with E-state index in [9.17, 15) is 0 Å². The van der Waals surface area contributed by atoms with E-state index in [1.54, 1.807) is 11.3 Å². The van der Waals surface area contributed by atoms with Crippen LogP contribution in [0.2, 0.25) is 0 Å². The van der Waals surface area contributed by atoms with E-state index in [-0.39, 0.29) is 0 Å². The maximum absolute atomic E-state index is 3.59. The molecule has 0 bridgehead atoms. The molecular weight excluding hydrogens is 258 g/mol. The van der Waals surface area contributed by atoms with Crippen LogP contribution < -0.4 is 0 Å². The molecule has 1 unspecified atom stereocenters. The fraction of sp³-hybridized carbons (Fsp3) is 0.636. The molecule has 2 heterocycles. The fourth-order valence-electron chi connectivity index (χ4n) is 2.06. The van der Waals surface area contributed by atoms with Crippen molar-refractivity contribution in [1.29, 1.82) is 0 Å². The first kappa shape index (κ1) is 10.7. The molecule has 0 spiro atoms. The first-order valence-electron chi connectivity index (χ1n) is 5.18. The van der Waals surface area contributed by atoms with Gasteiger partial charge in [-0.3, -0.25) is 4.90 Å². The summed E-state index contributed by atoms with van der Waals surface area (Å²) in [5, 5.41) is 5.59. The van der Waals surface area contributed by atoms with Gasteiger partial charge in [0.2, 0.25) is 0 Å². The average molecular weight is 274 g/mol. The fourth-order valence-corrected chi connectivity index (χ4v) is 3.25. The second kappa shape index (κ2) is 5.29. The Bertz CT molecular complexity index is 260. The number of hydrogen-bond acceptors (Lipinski definition) is 2. The second-order valence-corrected chi connectivity index (χ2v) is 5.46. The zero-order chi connectivity index (χ0) is 9.80. The summed E-state index contributed by atoms with van der Waals surface area (Å²) >= 11 is 5.39. The van der Waals surface area contributed by atoms with Gasteiger partial charge in [-0.05, 0) is 47.7 Å². The molecule has 1 aromatic heterocycles. The van der Waals surface area contributed by atoms with Crippen LogP contribution in [0.3, 0.4) is 0 Å². The van der Waals surface area contributed by atoms with E-state index in [1.165, 1.54) is 31.5 Å². The molecule has 1 saturated heterocycles. The molecule has 0 N–H and O–H groups in total. The van der Waals surface area contributed by atoms with Crippen LogP contribution in [-0.2, 0) is 6.54 Å². The third-order valence-electron chi connectivity index (χ3n) is 2.81. The number of piperidine rings is 1. The van der Waals surface area contributed by atoms with Gasteiger partial charge in [0.25, 0.3) is 0 Å². The number of nitrogens with zero attached hydrogens (tertiary/aromatic N) is 1. The van der Waals surface area contributed by atoms with Crippen LogP contribution in [-0.4, -0.2) is 23.3 Å². The van der Waals surface area contributed by atoms with Gasteiger partial charge in [0.05, 0.1) is 0 Å². The van der Waals surface area contributed by atoms with Crippen molar-refractivity contribution < 1.29 is 0 Å². The van der Waals surface area contributed by atoms with E-state index in [1.807, 2.05) is 0 Å². The number of hydrogen-bond donors (Lipinski definition) is 0. The van der Waals surface area contributed by atoms with E-state index in [0.717, 1.165) is 17.8 Å². The van der Waals surface area contributed by atoms with E-state index in [2.05, 4.69) is 37.7 Å². The third-order valence-corrected chi connectivity index (χ3v) is 4.46. The topological polar surface area (TPSA) is 3.24 Å². The summed E-state index contributed by atoms with van der Waals surface area (Å²) in [5.74, 6) is 0.863. The minimum absolute atomic E-state index is 0.863. The lowest BCUT2D eigenvalue weighted by atomic mass is 10.00. The smallest absolute Gasteiger partial charge is 0.0242 e. The van der Waals surface area contributed by atoms with Crippen LogP contribution in [0.25, 0.3) is 0 Å². The van der Waals surface area contributed by atoms with Gasteiger partial charge in [-0.2, -0.15) is 11.3 Å². The highest BCUT2D eigenvalue weighted by Crippen LogP contribution is 2.20. The Hall–Kier alpha value is 0.140. The summed E-state index contributed by atoms with van der Waals surface area (Å²) in [4.78, 5) is 2.58. The highest BCUT2D eigenvalue weighted by Gasteiger charge is 2.18. The normalized spacial score (nSPS) is 23.9. The zero-order valence-corrected chi connectivity index (χ0v) is 10.7. The molecule has 1 atom stereocenters. The molecule has 1 aliphatic rings. The van der Waals surface area contributed by atoms with Crippen molar-refractivity contribution in [2.24, 2.45) is 5.92 Å². The summed E-state index contributed by atoms with van der Waals surface area (Å²) in [5.41, 5.74) is 1.48. The molecule has 0 amide bonds. The molecule has 1 aliphatic heterocycles. The second-order valence-electron chi connectivity index (χ2n) is 4.03. The van der Waals surface area contributed by atoms with Gasteiger partial charge in [-0.1, -0.05) is 15.9 Å². The molecule has 78 valence electrons. The number of alkyl halides is 1. The van der Waals surface area contributed by atoms with E-state index >= 15 is 0 Å². The Morgan fingerprint density at radius 1 is 1.57 bits per heavy atom. The minimum atomic E-state index is 0.863. The maximum Gasteiger partial charge on any atom is 0.0242 e. The molecule has 14 heavy (non-hydrogen) atoms. The SMILES string of the molecule is BrCC1CCCN(Cc2ccsc2)C1. The first-order valence-corrected chi connectivity index (χ1v) is 7.24. The van der Waals surface area contributed by atoms with Crippen LogP contribution in [0.1, 0.15) is 18.4 Å². The third kappa shape index (κ3) is 2.81. The standard InChI is InChI=1S/C11H16BrNS/c12-6-10-2-1-4-13(7-10)8-11-3-5-14-9-11/h3,5,9-10H,1-2,4,6-8H2. The van der Waals surface area contributed by atoms with Gasteiger partial charge in [0.1, 0.15) is 0 Å². The van der Waals surface area contributed by atoms with Crippen LogP contribution in [0.15, 0.2) is 16.8 Å². The van der Waals surface area contributed by atoms with Crippen molar-refractivity contribution in [2.45, 2.75) is 19.4 Å². The van der Waals surface area contributed by atoms with Crippen molar-refractivity contribution in [1.82, 2.24) is 4.90 Å². The van der Waals surface area contributed by atoms with Gasteiger partial charge in [0.15, 0.2) is 0 Å². The zero-order valence-electron chi connectivity index (χ0n) is 8.29. The lowest BCUT2D eigenvalue weighted by Crippen LogP contribution is -2.35. The molecule has 1 aromatic rings. The molecular formula is C11H16BrNS. The van der Waals surface area contributed by atoms with Crippen LogP contribution >= 0.6 is 27.3 Å². The molecule has 1 nitrogen and oxygen atoms in total. The average Bonchev–Trinajstić information content (AvgIpc) is 2.71. The summed E-state index contributed by atoms with van der Waals surface area (Å²) in [6.07, 6.45) is 2.76. The number of rotatable bonds is 3. The molecule has 3 heteroatoms. The lowest BCUT2D eigenvalue weighted by Gasteiger charge is -2.31. The van der Waals surface area contributed by atoms with Gasteiger partial charge in [-0.15, -0.1) is 0 Å². The summed E-state index contributed by atoms with van der Waals surface area (Å²) in [6.45, 7) is 3.69. The van der Waals surface area contributed by atoms with Gasteiger partial charge in [0, 0.05) is 18.4 Å². The van der Waals surface area contributed by atoms with Gasteiger partial charge >= 0.3 is 0 Å². The molecule has 0 radical (unpaired) electrons. The Balaban J connectivity index is 1.86. The molecule has 0 saturated carbocycles. The van der Waals surface area contributed by atoms with Crippen molar-refractivity contribution in [3.8, 4) is 0 Å². The number of halogens is 1. The molecule has 0 aromatic carbocycles. The lowest BCUT2D eigenvalue weighted by molar-refractivity contribution is 0.179. The van der Waals surface area contributed by atoms with E-state index in [4.69, 9.17) is 0 Å². The molecule has 1 fully saturated rings. The number of thiophene rings is 1. The van der Waals surface area contributed by atoms with Gasteiger partial charge in [-0.25, -0.2) is 0 Å². The predicted octanol–water partition coefficient (Wildman–Crippen LogP) is 3.36. The maximum atomic E-state index is 3.59. The summed E-state index contributed by atoms with van der Waals surface area (Å²) < 4.78 is 0. The summed E-state index contributed by atoms with van der Waals surface area (Å²) in [7, 11) is 0. The predicted molar refractivity (Wildman–Crippen MR) is 66.1 cm³/mol. The molecule has 2 rings (SSSR count). The summed E-state index contributed by atoms with van der Waals surface area (Å²) in [6, 6.07) is 2.24. The minimum Gasteiger partial charge on any atom is -0.299 e. The Labute approximate surface area is 98.2 Å². The van der Waals surface area contributed by atoms with E-state index < -0.39 is 0 Å². The van der Waals surface area contributed by atoms with Crippen molar-refractivity contribution in [3.05, 3.63) is 22.4 Å². The van der Waals surface area contributed by atoms with E-state index in [0.29, 0.717) is 0 Å². The highest BCUT2D eigenvalue weighted by atomic mass is 79.9. The van der Waals surface area contributed by atoms with Crippen molar-refractivity contribution in [3.63, 3.8) is 0 Å². The highest BCUT2D eigenvalue weighted by molar-refractivity contribution is 9.09. The Morgan fingerprint density at radius 3 is 3.21 bits per heavy atom. The quantitative estimate of drug-likeness (QED) is 0.764. The largest absolute Gasteiger partial charge is 0.299 e. The van der Waals surface area contributed by atoms with Gasteiger partial charge < -0.3 is 0 Å². The van der Waals surface area contributed by atoms with Crippen molar-refractivity contribution >= 4 is 27.3 Å². The first-order chi connectivity index (χ1) is 6.88. The molecule has 0 aliphatic carbocycles. The van der Waals surface area contributed by atoms with Crippen molar-refractivity contribution in [2.75, 3.05) is 18.4 Å². The van der Waals surface area contributed by atoms with Crippen LogP contribution in [0, 0.1) is 5.92 Å².